The van der Waals surface area contributed by atoms with E-state index < -0.39 is 17.8 Å². The van der Waals surface area contributed by atoms with Gasteiger partial charge >= 0.3 is 12.1 Å². The van der Waals surface area contributed by atoms with Crippen LogP contribution >= 0.6 is 11.3 Å². The van der Waals surface area contributed by atoms with Crippen LogP contribution in [0.5, 0.6) is 0 Å². The van der Waals surface area contributed by atoms with Crippen LogP contribution in [0.4, 0.5) is 13.2 Å². The van der Waals surface area contributed by atoms with Crippen molar-refractivity contribution in [3.05, 3.63) is 28.5 Å². The fraction of sp³-hybridized carbons (Fsp3) is 0.500. The molecule has 0 aliphatic rings. The molecule has 0 spiro atoms. The second kappa shape index (κ2) is 6.69. The molecule has 0 fully saturated rings. The number of carbonyl (C=O) groups excluding carboxylic acids is 1. The Hall–Kier alpha value is -1.90. The molecule has 2 aromatic heterocycles. The summed E-state index contributed by atoms with van der Waals surface area (Å²) >= 11 is 0.908. The van der Waals surface area contributed by atoms with Gasteiger partial charge in [0.25, 0.3) is 0 Å². The molecule has 0 saturated heterocycles. The SMILES string of the molecule is CCOC(=O)c1csc(-n2nc(CC(C)C)cc2C(F)(F)F)n1. The van der Waals surface area contributed by atoms with Gasteiger partial charge in [-0.2, -0.15) is 18.3 Å². The molecule has 0 radical (unpaired) electrons. The standard InChI is InChI=1S/C14H16F3N3O2S/c1-4-22-12(21)10-7-23-13(18-10)20-11(14(15,16)17)6-9(19-20)5-8(2)3/h6-8H,4-5H2,1-3H3. The Morgan fingerprint density at radius 1 is 1.43 bits per heavy atom. The Balaban J connectivity index is 2.41. The summed E-state index contributed by atoms with van der Waals surface area (Å²) in [5, 5.41) is 5.34. The lowest BCUT2D eigenvalue weighted by atomic mass is 10.1. The molecule has 0 aliphatic heterocycles. The normalized spacial score (nSPS) is 12.0. The van der Waals surface area contributed by atoms with Crippen LogP contribution in [0.2, 0.25) is 0 Å². The van der Waals surface area contributed by atoms with Crippen LogP contribution in [0, 0.1) is 5.92 Å². The van der Waals surface area contributed by atoms with Crippen LogP contribution < -0.4 is 0 Å². The maximum Gasteiger partial charge on any atom is 0.433 e. The molecule has 2 heterocycles. The minimum atomic E-state index is -4.56. The number of carbonyl (C=O) groups is 1. The first-order valence-corrected chi connectivity index (χ1v) is 7.89. The number of alkyl halides is 3. The van der Waals surface area contributed by atoms with Crippen molar-refractivity contribution in [3.8, 4) is 5.13 Å². The number of halogens is 3. The summed E-state index contributed by atoms with van der Waals surface area (Å²) in [5.41, 5.74) is -0.598. The van der Waals surface area contributed by atoms with Gasteiger partial charge in [0.2, 0.25) is 5.13 Å². The van der Waals surface area contributed by atoms with E-state index in [1.54, 1.807) is 6.92 Å². The smallest absolute Gasteiger partial charge is 0.433 e. The van der Waals surface area contributed by atoms with E-state index in [4.69, 9.17) is 4.74 Å². The molecule has 5 nitrogen and oxygen atoms in total. The highest BCUT2D eigenvalue weighted by atomic mass is 32.1. The maximum absolute atomic E-state index is 13.2. The van der Waals surface area contributed by atoms with E-state index in [1.165, 1.54) is 5.38 Å². The van der Waals surface area contributed by atoms with Gasteiger partial charge in [0.05, 0.1) is 12.3 Å². The molecule has 0 atom stereocenters. The van der Waals surface area contributed by atoms with Gasteiger partial charge in [-0.3, -0.25) is 0 Å². The molecular formula is C14H16F3N3O2S. The van der Waals surface area contributed by atoms with Crippen LogP contribution in [0.15, 0.2) is 11.4 Å². The van der Waals surface area contributed by atoms with Crippen molar-refractivity contribution in [2.75, 3.05) is 6.61 Å². The Morgan fingerprint density at radius 2 is 2.13 bits per heavy atom. The van der Waals surface area contributed by atoms with Gasteiger partial charge in [0.15, 0.2) is 11.4 Å². The summed E-state index contributed by atoms with van der Waals surface area (Å²) in [6.45, 7) is 5.60. The molecule has 2 rings (SSSR count). The minimum Gasteiger partial charge on any atom is -0.461 e. The van der Waals surface area contributed by atoms with Crippen molar-refractivity contribution in [3.63, 3.8) is 0 Å². The van der Waals surface area contributed by atoms with Gasteiger partial charge in [0, 0.05) is 5.38 Å². The van der Waals surface area contributed by atoms with E-state index in [2.05, 4.69) is 10.1 Å². The molecule has 0 amide bonds. The fourth-order valence-corrected chi connectivity index (χ4v) is 2.71. The number of thiazole rings is 1. The molecular weight excluding hydrogens is 331 g/mol. The number of nitrogens with zero attached hydrogens (tertiary/aromatic N) is 3. The first kappa shape index (κ1) is 17.5. The predicted molar refractivity (Wildman–Crippen MR) is 78.7 cm³/mol. The second-order valence-corrected chi connectivity index (χ2v) is 6.10. The van der Waals surface area contributed by atoms with E-state index in [9.17, 15) is 18.0 Å². The zero-order valence-corrected chi connectivity index (χ0v) is 13.7. The van der Waals surface area contributed by atoms with Crippen molar-refractivity contribution in [1.29, 1.82) is 0 Å². The summed E-state index contributed by atoms with van der Waals surface area (Å²) < 4.78 is 45.1. The quantitative estimate of drug-likeness (QED) is 0.774. The summed E-state index contributed by atoms with van der Waals surface area (Å²) in [5.74, 6) is -0.496. The van der Waals surface area contributed by atoms with Crippen LogP contribution in [0.3, 0.4) is 0 Å². The van der Waals surface area contributed by atoms with Gasteiger partial charge in [-0.15, -0.1) is 11.3 Å². The van der Waals surface area contributed by atoms with E-state index in [-0.39, 0.29) is 23.4 Å². The van der Waals surface area contributed by atoms with Crippen LogP contribution in [0.25, 0.3) is 5.13 Å². The molecule has 126 valence electrons. The molecule has 0 saturated carbocycles. The monoisotopic (exact) mass is 347 g/mol. The molecule has 0 N–H and O–H groups in total. The van der Waals surface area contributed by atoms with Crippen LogP contribution in [-0.4, -0.2) is 27.3 Å². The Labute approximate surface area is 135 Å². The molecule has 9 heteroatoms. The highest BCUT2D eigenvalue weighted by molar-refractivity contribution is 7.12. The molecule has 0 aromatic carbocycles. The minimum absolute atomic E-state index is 0.0182. The predicted octanol–water partition coefficient (Wildman–Crippen LogP) is 3.72. The fourth-order valence-electron chi connectivity index (χ4n) is 1.96. The largest absolute Gasteiger partial charge is 0.461 e. The Kier molecular flexibility index (Phi) is 5.08. The summed E-state index contributed by atoms with van der Waals surface area (Å²) in [6, 6.07) is 1.02. The van der Waals surface area contributed by atoms with Gasteiger partial charge in [0.1, 0.15) is 0 Å². The number of esters is 1. The average molecular weight is 347 g/mol. The van der Waals surface area contributed by atoms with Crippen LogP contribution in [-0.2, 0) is 17.3 Å². The summed E-state index contributed by atoms with van der Waals surface area (Å²) in [4.78, 5) is 15.5. The number of hydrogen-bond acceptors (Lipinski definition) is 5. The third kappa shape index (κ3) is 4.10. The summed E-state index contributed by atoms with van der Waals surface area (Å²) in [7, 11) is 0. The molecule has 0 bridgehead atoms. The van der Waals surface area contributed by atoms with Crippen molar-refractivity contribution >= 4 is 17.3 Å². The van der Waals surface area contributed by atoms with Gasteiger partial charge < -0.3 is 4.74 Å². The number of ether oxygens (including phenoxy) is 1. The van der Waals surface area contributed by atoms with E-state index >= 15 is 0 Å². The van der Waals surface area contributed by atoms with Crippen molar-refractivity contribution in [2.24, 2.45) is 5.92 Å². The molecule has 0 unspecified atom stereocenters. The van der Waals surface area contributed by atoms with E-state index in [0.29, 0.717) is 12.1 Å². The van der Waals surface area contributed by atoms with Crippen molar-refractivity contribution in [2.45, 2.75) is 33.4 Å². The molecule has 0 aliphatic carbocycles. The third-order valence-corrected chi connectivity index (χ3v) is 3.64. The molecule has 2 aromatic rings. The van der Waals surface area contributed by atoms with E-state index in [1.807, 2.05) is 13.8 Å². The van der Waals surface area contributed by atoms with E-state index in [0.717, 1.165) is 22.1 Å². The second-order valence-electron chi connectivity index (χ2n) is 5.26. The number of hydrogen-bond donors (Lipinski definition) is 0. The summed E-state index contributed by atoms with van der Waals surface area (Å²) in [6.07, 6.45) is -4.13. The lowest BCUT2D eigenvalue weighted by molar-refractivity contribution is -0.142. The highest BCUT2D eigenvalue weighted by Crippen LogP contribution is 2.32. The zero-order valence-electron chi connectivity index (χ0n) is 12.8. The third-order valence-electron chi connectivity index (χ3n) is 2.83. The number of rotatable bonds is 5. The topological polar surface area (TPSA) is 57.0 Å². The number of aromatic nitrogens is 3. The van der Waals surface area contributed by atoms with Crippen LogP contribution in [0.1, 0.15) is 42.6 Å². The van der Waals surface area contributed by atoms with Gasteiger partial charge in [-0.05, 0) is 25.3 Å². The van der Waals surface area contributed by atoms with Gasteiger partial charge in [-0.25, -0.2) is 14.5 Å². The molecule has 23 heavy (non-hydrogen) atoms. The zero-order chi connectivity index (χ0) is 17.2. The lowest BCUT2D eigenvalue weighted by Crippen LogP contribution is -2.13. The Morgan fingerprint density at radius 3 is 2.70 bits per heavy atom. The maximum atomic E-state index is 13.2. The lowest BCUT2D eigenvalue weighted by Gasteiger charge is -2.07. The first-order chi connectivity index (χ1) is 10.7. The van der Waals surface area contributed by atoms with Crippen molar-refractivity contribution < 1.29 is 22.7 Å². The van der Waals surface area contributed by atoms with Crippen molar-refractivity contribution in [1.82, 2.24) is 14.8 Å². The highest BCUT2D eigenvalue weighted by Gasteiger charge is 2.37. The first-order valence-electron chi connectivity index (χ1n) is 7.01. The average Bonchev–Trinajstić information content (AvgIpc) is 3.03. The van der Waals surface area contributed by atoms with Gasteiger partial charge in [-0.1, -0.05) is 13.8 Å². The Bertz CT molecular complexity index is 692.